The molecule has 0 saturated heterocycles. The molecule has 2 N–H and O–H groups in total. The fourth-order valence-corrected chi connectivity index (χ4v) is 8.06. The smallest absolute Gasteiger partial charge is 0.875 e. The van der Waals surface area contributed by atoms with Crippen molar-refractivity contribution in [3.05, 3.63) is 65.2 Å². The van der Waals surface area contributed by atoms with E-state index in [0.717, 1.165) is 31.6 Å². The van der Waals surface area contributed by atoms with Crippen molar-refractivity contribution in [2.75, 3.05) is 16.3 Å². The summed E-state index contributed by atoms with van der Waals surface area (Å²) in [6.45, 7) is 0.150. The second-order valence-corrected chi connectivity index (χ2v) is 13.6. The number of halogens is 1. The maximum absolute atomic E-state index is 13.9. The number of hydrogen-bond acceptors (Lipinski definition) is 7. The Hall–Kier alpha value is -2.45. The van der Waals surface area contributed by atoms with Crippen LogP contribution in [0.15, 0.2) is 63.1 Å². The molecule has 14 heteroatoms. The van der Waals surface area contributed by atoms with Crippen LogP contribution in [0.5, 0.6) is 0 Å². The predicted octanol–water partition coefficient (Wildman–Crippen LogP) is -1.21. The quantitative estimate of drug-likeness (QED) is 0.420. The van der Waals surface area contributed by atoms with Gasteiger partial charge in [-0.05, 0) is 72.9 Å². The molecule has 2 saturated carbocycles. The number of rotatable bonds is 5. The van der Waals surface area contributed by atoms with E-state index < -0.39 is 43.4 Å². The molecule has 2 heterocycles. The maximum Gasteiger partial charge on any atom is 1.00 e. The third-order valence-corrected chi connectivity index (χ3v) is 9.71. The van der Waals surface area contributed by atoms with Gasteiger partial charge in [-0.3, -0.25) is 9.52 Å². The first-order valence-electron chi connectivity index (χ1n) is 12.1. The minimum Gasteiger partial charge on any atom is -0.875 e. The summed E-state index contributed by atoms with van der Waals surface area (Å²) in [6, 6.07) is 9.32. The molecule has 10 nitrogen and oxygen atoms in total. The normalized spacial score (nSPS) is 26.8. The zero-order valence-corrected chi connectivity index (χ0v) is 24.9. The Balaban J connectivity index is 0.00000308. The zero-order valence-electron chi connectivity index (χ0n) is 21.2. The summed E-state index contributed by atoms with van der Waals surface area (Å²) in [7, 11) is -8.03. The number of benzene rings is 2. The minimum absolute atomic E-state index is 0. The van der Waals surface area contributed by atoms with Gasteiger partial charge < -0.3 is 15.3 Å². The molecule has 2 fully saturated rings. The fraction of sp³-hybridized carbons (Fsp3) is 0.360. The summed E-state index contributed by atoms with van der Waals surface area (Å²) >= 11 is 0. The van der Waals surface area contributed by atoms with Crippen LogP contribution in [0.25, 0.3) is 0 Å². The Morgan fingerprint density at radius 1 is 1.15 bits per heavy atom. The number of nitrogens with one attached hydrogen (secondary N) is 2. The third-order valence-electron chi connectivity index (χ3n) is 7.79. The molecule has 2 aromatic rings. The van der Waals surface area contributed by atoms with Crippen molar-refractivity contribution >= 4 is 43.2 Å². The van der Waals surface area contributed by atoms with E-state index in [2.05, 4.69) is 14.4 Å². The largest absolute Gasteiger partial charge is 1.00 e. The Morgan fingerprint density at radius 2 is 1.85 bits per heavy atom. The van der Waals surface area contributed by atoms with E-state index in [1.807, 2.05) is 0 Å². The van der Waals surface area contributed by atoms with Crippen LogP contribution in [-0.4, -0.2) is 45.8 Å². The number of carbonyl (C=O) groups excluding carboxylic acids is 1. The van der Waals surface area contributed by atoms with Crippen molar-refractivity contribution in [1.29, 1.82) is 0 Å². The van der Waals surface area contributed by atoms with Crippen molar-refractivity contribution < 1.29 is 60.7 Å². The molecule has 1 amide bonds. The van der Waals surface area contributed by atoms with Crippen LogP contribution in [0, 0.1) is 23.6 Å². The van der Waals surface area contributed by atoms with Crippen molar-refractivity contribution in [2.45, 2.75) is 36.7 Å². The number of amidine groups is 1. The van der Waals surface area contributed by atoms with Crippen molar-refractivity contribution in [3.8, 4) is 0 Å². The SMILES string of the molecule is CS(=O)(=O)Nc1ccc2c(c1)S(=O)(=O)N=C(C1=C([O-])[C@@H]3[C@@H]4CC[C@H](C4)[C@@H]3N(Cc3ccc(F)cc3)C1=O)N2.[Na+]. The first-order chi connectivity index (χ1) is 17.9. The van der Waals surface area contributed by atoms with Gasteiger partial charge in [0.2, 0.25) is 10.0 Å². The second-order valence-electron chi connectivity index (χ2n) is 10.3. The van der Waals surface area contributed by atoms with Crippen LogP contribution in [0.2, 0.25) is 0 Å². The van der Waals surface area contributed by atoms with Gasteiger partial charge in [-0.1, -0.05) is 12.1 Å². The Labute approximate surface area is 247 Å². The number of carbonyl (C=O) groups is 1. The molecular weight excluding hydrogens is 558 g/mol. The second kappa shape index (κ2) is 9.88. The third kappa shape index (κ3) is 4.99. The average Bonchev–Trinajstić information content (AvgIpc) is 3.45. The molecule has 200 valence electrons. The number of sulfonamides is 2. The average molecular weight is 583 g/mol. The van der Waals surface area contributed by atoms with Gasteiger partial charge in [0.1, 0.15) is 10.7 Å². The van der Waals surface area contributed by atoms with Crippen LogP contribution < -0.4 is 44.7 Å². The summed E-state index contributed by atoms with van der Waals surface area (Å²) < 4.78 is 68.9. The Kier molecular flexibility index (Phi) is 7.11. The van der Waals surface area contributed by atoms with E-state index in [-0.39, 0.29) is 81.7 Å². The predicted molar refractivity (Wildman–Crippen MR) is 135 cm³/mol. The molecule has 0 unspecified atom stereocenters. The maximum atomic E-state index is 13.9. The summed E-state index contributed by atoms with van der Waals surface area (Å²) in [5, 5.41) is 16.6. The van der Waals surface area contributed by atoms with Crippen molar-refractivity contribution in [1.82, 2.24) is 4.90 Å². The number of amides is 1. The molecule has 0 spiro atoms. The van der Waals surface area contributed by atoms with E-state index in [4.69, 9.17) is 0 Å². The molecule has 39 heavy (non-hydrogen) atoms. The Bertz CT molecular complexity index is 1640. The molecule has 4 aliphatic rings. The van der Waals surface area contributed by atoms with Gasteiger partial charge in [-0.25, -0.2) is 12.8 Å². The summed E-state index contributed by atoms with van der Waals surface area (Å²) in [5.74, 6) is -1.98. The first-order valence-corrected chi connectivity index (χ1v) is 15.5. The fourth-order valence-electron chi connectivity index (χ4n) is 6.36. The van der Waals surface area contributed by atoms with Gasteiger partial charge in [0.15, 0.2) is 5.84 Å². The summed E-state index contributed by atoms with van der Waals surface area (Å²) in [4.78, 5) is 15.2. The number of fused-ring (bicyclic) bond motifs is 6. The number of nitrogens with zero attached hydrogens (tertiary/aromatic N) is 2. The van der Waals surface area contributed by atoms with Gasteiger partial charge in [-0.2, -0.15) is 8.42 Å². The zero-order chi connectivity index (χ0) is 27.0. The molecule has 2 aliphatic carbocycles. The van der Waals surface area contributed by atoms with Gasteiger partial charge >= 0.3 is 29.6 Å². The van der Waals surface area contributed by atoms with Crippen molar-refractivity contribution in [2.24, 2.45) is 22.2 Å². The van der Waals surface area contributed by atoms with Gasteiger partial charge in [0.25, 0.3) is 15.9 Å². The Morgan fingerprint density at radius 3 is 2.54 bits per heavy atom. The molecule has 0 radical (unpaired) electrons. The van der Waals surface area contributed by atoms with Gasteiger partial charge in [0.05, 0.1) is 17.5 Å². The molecule has 0 aromatic heterocycles. The summed E-state index contributed by atoms with van der Waals surface area (Å²) in [6.07, 6.45) is 3.53. The number of hydrogen-bond donors (Lipinski definition) is 2. The van der Waals surface area contributed by atoms with Crippen LogP contribution in [0.1, 0.15) is 24.8 Å². The van der Waals surface area contributed by atoms with Gasteiger partial charge in [-0.15, -0.1) is 10.2 Å². The molecule has 2 aliphatic heterocycles. The van der Waals surface area contributed by atoms with Crippen molar-refractivity contribution in [3.63, 3.8) is 0 Å². The molecule has 4 atom stereocenters. The van der Waals surface area contributed by atoms with Gasteiger partial charge in [0, 0.05) is 18.3 Å². The van der Waals surface area contributed by atoms with Crippen LogP contribution in [-0.2, 0) is 31.4 Å². The van der Waals surface area contributed by atoms with E-state index in [0.29, 0.717) is 5.56 Å². The van der Waals surface area contributed by atoms with Crippen LogP contribution in [0.4, 0.5) is 15.8 Å². The monoisotopic (exact) mass is 582 g/mol. The minimum atomic E-state index is -4.37. The van der Waals surface area contributed by atoms with E-state index in [1.54, 1.807) is 17.0 Å². The van der Waals surface area contributed by atoms with Crippen LogP contribution >= 0.6 is 0 Å². The number of anilines is 2. The standard InChI is InChI=1S/C25H25FN4O6S2.Na/c1-37(33,34)28-17-8-9-18-19(11-17)38(35,36)29-24(27-18)21-23(31)20-14-4-5-15(10-14)22(20)30(25(21)32)12-13-2-6-16(26)7-3-13;/h2-3,6-9,11,14-15,20,22,28,31H,4-5,10,12H2,1H3,(H,27,29);/q;+1/p-1/t14-,15-,20-,22+;/m1./s1. The van der Waals surface area contributed by atoms with Crippen LogP contribution in [0.3, 0.4) is 0 Å². The molecule has 2 bridgehead atoms. The summed E-state index contributed by atoms with van der Waals surface area (Å²) in [5.41, 5.74) is 0.483. The first kappa shape index (κ1) is 28.1. The molecular formula is C25H24FN4NaO6S2. The van der Waals surface area contributed by atoms with E-state index in [1.165, 1.54) is 24.3 Å². The topological polar surface area (TPSA) is 148 Å². The molecule has 6 rings (SSSR count). The molecule has 2 aromatic carbocycles. The van der Waals surface area contributed by atoms with E-state index in [9.17, 15) is 31.1 Å². The van der Waals surface area contributed by atoms with E-state index >= 15 is 0 Å².